The van der Waals surface area contributed by atoms with Crippen LogP contribution < -0.4 is 10.5 Å². The molecule has 112 valence electrons. The van der Waals surface area contributed by atoms with Crippen LogP contribution in [0.4, 0.5) is 4.39 Å². The maximum Gasteiger partial charge on any atom is 0.139 e. The molecule has 2 atom stereocenters. The number of aryl methyl sites for hydroxylation is 1. The second kappa shape index (κ2) is 7.05. The predicted molar refractivity (Wildman–Crippen MR) is 86.9 cm³/mol. The Balaban J connectivity index is 2.30. The Morgan fingerprint density at radius 2 is 2.00 bits per heavy atom. The van der Waals surface area contributed by atoms with Gasteiger partial charge < -0.3 is 10.5 Å². The summed E-state index contributed by atoms with van der Waals surface area (Å²) in [4.78, 5) is 0. The normalized spacial score (nSPS) is 13.8. The van der Waals surface area contributed by atoms with Gasteiger partial charge in [0.05, 0.1) is 0 Å². The van der Waals surface area contributed by atoms with E-state index in [0.29, 0.717) is 0 Å². The van der Waals surface area contributed by atoms with Crippen LogP contribution in [0.5, 0.6) is 5.75 Å². The molecule has 2 rings (SSSR count). The fraction of sp³-hybridized carbons (Fsp3) is 0.294. The molecule has 2 unspecified atom stereocenters. The molecule has 0 saturated heterocycles. The Morgan fingerprint density at radius 3 is 2.62 bits per heavy atom. The smallest absolute Gasteiger partial charge is 0.139 e. The minimum absolute atomic E-state index is 0.198. The van der Waals surface area contributed by atoms with Crippen molar-refractivity contribution in [1.82, 2.24) is 0 Å². The first-order chi connectivity index (χ1) is 10.0. The van der Waals surface area contributed by atoms with Crippen LogP contribution in [0.2, 0.25) is 0 Å². The molecule has 2 nitrogen and oxygen atoms in total. The number of nitrogens with two attached hydrogens (primary N) is 1. The monoisotopic (exact) mass is 351 g/mol. The summed E-state index contributed by atoms with van der Waals surface area (Å²) in [5, 5.41) is 0. The first-order valence-electron chi connectivity index (χ1n) is 6.95. The van der Waals surface area contributed by atoms with Crippen molar-refractivity contribution in [3.05, 3.63) is 63.9 Å². The van der Waals surface area contributed by atoms with Crippen molar-refractivity contribution >= 4 is 15.9 Å². The number of halogens is 2. The fourth-order valence-electron chi connectivity index (χ4n) is 2.14. The number of ether oxygens (including phenoxy) is 1. The van der Waals surface area contributed by atoms with Gasteiger partial charge in [-0.15, -0.1) is 0 Å². The van der Waals surface area contributed by atoms with Gasteiger partial charge in [0.1, 0.15) is 17.7 Å². The van der Waals surface area contributed by atoms with Crippen LogP contribution in [0, 0.1) is 12.7 Å². The van der Waals surface area contributed by atoms with Crippen LogP contribution in [0.1, 0.15) is 30.6 Å². The third-order valence-corrected chi connectivity index (χ3v) is 4.32. The Hall–Kier alpha value is -1.39. The number of hydrogen-bond acceptors (Lipinski definition) is 2. The number of benzene rings is 2. The van der Waals surface area contributed by atoms with Gasteiger partial charge in [0, 0.05) is 10.5 Å². The van der Waals surface area contributed by atoms with Gasteiger partial charge in [0.2, 0.25) is 0 Å². The predicted octanol–water partition coefficient (Wildman–Crippen LogP) is 4.75. The molecule has 0 aliphatic carbocycles. The van der Waals surface area contributed by atoms with Gasteiger partial charge >= 0.3 is 0 Å². The summed E-state index contributed by atoms with van der Waals surface area (Å²) in [5.41, 5.74) is 7.99. The third kappa shape index (κ3) is 4.05. The van der Waals surface area contributed by atoms with E-state index in [1.807, 2.05) is 38.1 Å². The highest BCUT2D eigenvalue weighted by Gasteiger charge is 2.21. The van der Waals surface area contributed by atoms with Gasteiger partial charge in [-0.1, -0.05) is 35.0 Å². The minimum atomic E-state index is -0.369. The van der Waals surface area contributed by atoms with E-state index in [9.17, 15) is 4.39 Å². The SMILES string of the molecule is CCC(N)C(Oc1ccc(Br)c(C)c1)c1cccc(F)c1. The lowest BCUT2D eigenvalue weighted by Crippen LogP contribution is -2.31. The van der Waals surface area contributed by atoms with E-state index in [1.54, 1.807) is 6.07 Å². The van der Waals surface area contributed by atoms with Crippen LogP contribution in [-0.4, -0.2) is 6.04 Å². The average Bonchev–Trinajstić information content (AvgIpc) is 2.47. The summed E-state index contributed by atoms with van der Waals surface area (Å²) in [6, 6.07) is 12.0. The van der Waals surface area contributed by atoms with Gasteiger partial charge in [0.25, 0.3) is 0 Å². The molecule has 0 bridgehead atoms. The number of rotatable bonds is 5. The van der Waals surface area contributed by atoms with Gasteiger partial charge in [-0.2, -0.15) is 0 Å². The number of hydrogen-bond donors (Lipinski definition) is 1. The third-order valence-electron chi connectivity index (χ3n) is 3.43. The Morgan fingerprint density at radius 1 is 1.24 bits per heavy atom. The molecule has 0 amide bonds. The Labute approximate surface area is 133 Å². The summed E-state index contributed by atoms with van der Waals surface area (Å²) >= 11 is 3.46. The van der Waals surface area contributed by atoms with Crippen LogP contribution >= 0.6 is 15.9 Å². The van der Waals surface area contributed by atoms with Gasteiger partial charge in [-0.05, 0) is 54.8 Å². The first kappa shape index (κ1) is 16.0. The van der Waals surface area contributed by atoms with Crippen molar-refractivity contribution in [3.8, 4) is 5.75 Å². The minimum Gasteiger partial charge on any atom is -0.484 e. The van der Waals surface area contributed by atoms with E-state index in [-0.39, 0.29) is 18.0 Å². The molecule has 0 saturated carbocycles. The van der Waals surface area contributed by atoms with Gasteiger partial charge in [-0.3, -0.25) is 0 Å². The fourth-order valence-corrected chi connectivity index (χ4v) is 2.38. The van der Waals surface area contributed by atoms with E-state index >= 15 is 0 Å². The second-order valence-electron chi connectivity index (χ2n) is 5.08. The van der Waals surface area contributed by atoms with Crippen molar-refractivity contribution in [2.24, 2.45) is 5.73 Å². The molecule has 0 aromatic heterocycles. The van der Waals surface area contributed by atoms with Crippen LogP contribution in [0.15, 0.2) is 46.9 Å². The van der Waals surface area contributed by atoms with Gasteiger partial charge in [0.15, 0.2) is 0 Å². The summed E-state index contributed by atoms with van der Waals surface area (Å²) in [6.07, 6.45) is 0.378. The van der Waals surface area contributed by atoms with E-state index < -0.39 is 0 Å². The summed E-state index contributed by atoms with van der Waals surface area (Å²) in [7, 11) is 0. The zero-order valence-corrected chi connectivity index (χ0v) is 13.7. The molecular formula is C17H19BrFNO. The average molecular weight is 352 g/mol. The quantitative estimate of drug-likeness (QED) is 0.843. The van der Waals surface area contributed by atoms with Crippen molar-refractivity contribution in [1.29, 1.82) is 0 Å². The van der Waals surface area contributed by atoms with Crippen molar-refractivity contribution in [3.63, 3.8) is 0 Å². The molecule has 0 spiro atoms. The summed E-state index contributed by atoms with van der Waals surface area (Å²) in [6.45, 7) is 3.99. The van der Waals surface area contributed by atoms with Crippen LogP contribution in [0.25, 0.3) is 0 Å². The molecule has 4 heteroatoms. The standard InChI is InChI=1S/C17H19BrFNO/c1-3-16(20)17(12-5-4-6-13(19)10-12)21-14-7-8-15(18)11(2)9-14/h4-10,16-17H,3,20H2,1-2H3. The zero-order chi connectivity index (χ0) is 15.4. The molecule has 0 aliphatic rings. The maximum atomic E-state index is 13.4. The summed E-state index contributed by atoms with van der Waals surface area (Å²) < 4.78 is 20.5. The molecule has 0 radical (unpaired) electrons. The van der Waals surface area contributed by atoms with Crippen LogP contribution in [0.3, 0.4) is 0 Å². The summed E-state index contributed by atoms with van der Waals surface area (Å²) in [5.74, 6) is 0.449. The lowest BCUT2D eigenvalue weighted by atomic mass is 10.0. The van der Waals surface area contributed by atoms with Crippen molar-refractivity contribution in [2.45, 2.75) is 32.4 Å². The highest BCUT2D eigenvalue weighted by atomic mass is 79.9. The van der Waals surface area contributed by atoms with E-state index in [0.717, 1.165) is 27.8 Å². The molecule has 2 N–H and O–H groups in total. The topological polar surface area (TPSA) is 35.2 Å². The Kier molecular flexibility index (Phi) is 5.37. The van der Waals surface area contributed by atoms with Crippen molar-refractivity contribution in [2.75, 3.05) is 0 Å². The second-order valence-corrected chi connectivity index (χ2v) is 5.93. The van der Waals surface area contributed by atoms with Crippen molar-refractivity contribution < 1.29 is 9.13 Å². The largest absolute Gasteiger partial charge is 0.484 e. The molecule has 0 heterocycles. The zero-order valence-electron chi connectivity index (χ0n) is 12.1. The maximum absolute atomic E-state index is 13.4. The molecular weight excluding hydrogens is 333 g/mol. The highest BCUT2D eigenvalue weighted by Crippen LogP contribution is 2.28. The molecule has 2 aromatic carbocycles. The Bertz CT molecular complexity index is 617. The molecule has 2 aromatic rings. The molecule has 0 fully saturated rings. The lowest BCUT2D eigenvalue weighted by Gasteiger charge is -2.25. The first-order valence-corrected chi connectivity index (χ1v) is 7.74. The van der Waals surface area contributed by atoms with E-state index in [4.69, 9.17) is 10.5 Å². The lowest BCUT2D eigenvalue weighted by molar-refractivity contribution is 0.170. The highest BCUT2D eigenvalue weighted by molar-refractivity contribution is 9.10. The van der Waals surface area contributed by atoms with E-state index in [1.165, 1.54) is 12.1 Å². The van der Waals surface area contributed by atoms with E-state index in [2.05, 4.69) is 15.9 Å². The van der Waals surface area contributed by atoms with Gasteiger partial charge in [-0.25, -0.2) is 4.39 Å². The van der Waals surface area contributed by atoms with Crippen LogP contribution in [-0.2, 0) is 0 Å². The molecule has 21 heavy (non-hydrogen) atoms. The molecule has 0 aliphatic heterocycles.